The molecule has 8 aromatic rings. The second kappa shape index (κ2) is 11.5. The van der Waals surface area contributed by atoms with Crippen molar-refractivity contribution in [1.29, 1.82) is 0 Å². The van der Waals surface area contributed by atoms with Gasteiger partial charge in [0, 0.05) is 39.4 Å². The third-order valence-corrected chi connectivity index (χ3v) is 11.4. The third-order valence-electron chi connectivity index (χ3n) is 11.4. The van der Waals surface area contributed by atoms with Crippen molar-refractivity contribution in [2.24, 2.45) is 5.92 Å². The van der Waals surface area contributed by atoms with Crippen molar-refractivity contribution in [3.05, 3.63) is 193 Å². The standard InChI is InChI=1S/C49H38N2/c1-49(2)45-19-11-9-17-41(45)44-28-23-35-31-38(26-29-40(35)48(44)49)50(37-24-21-34(22-25-37)33-13-5-3-6-14-33)39-27-30-43-42-18-10-12-20-46(42)51(47(43)32-39)36-15-7-4-8-16-36/h3-32,41,45H,1-2H3. The summed E-state index contributed by atoms with van der Waals surface area (Å²) in [5, 5.41) is 5.14. The fraction of sp³-hybridized carbons (Fsp3) is 0.102. The first-order valence-corrected chi connectivity index (χ1v) is 18.0. The summed E-state index contributed by atoms with van der Waals surface area (Å²) in [6, 6.07) is 57.9. The molecule has 0 fully saturated rings. The number of aromatic nitrogens is 1. The molecule has 0 saturated carbocycles. The number of fused-ring (bicyclic) bond motifs is 8. The van der Waals surface area contributed by atoms with Crippen LogP contribution in [0.5, 0.6) is 0 Å². The summed E-state index contributed by atoms with van der Waals surface area (Å²) in [5.41, 5.74) is 12.4. The molecule has 2 unspecified atom stereocenters. The number of hydrogen-bond acceptors (Lipinski definition) is 1. The molecule has 0 aliphatic heterocycles. The molecule has 0 saturated heterocycles. The highest BCUT2D eigenvalue weighted by Crippen LogP contribution is 2.55. The summed E-state index contributed by atoms with van der Waals surface area (Å²) < 4.78 is 2.40. The van der Waals surface area contributed by atoms with Crippen LogP contribution in [0.15, 0.2) is 182 Å². The first-order valence-electron chi connectivity index (χ1n) is 18.0. The van der Waals surface area contributed by atoms with E-state index < -0.39 is 0 Å². The predicted octanol–water partition coefficient (Wildman–Crippen LogP) is 13.2. The highest BCUT2D eigenvalue weighted by atomic mass is 15.1. The summed E-state index contributed by atoms with van der Waals surface area (Å²) in [6.07, 6.45) is 9.25. The van der Waals surface area contributed by atoms with E-state index in [4.69, 9.17) is 0 Å². The summed E-state index contributed by atoms with van der Waals surface area (Å²) in [5.74, 6) is 0.914. The number of hydrogen-bond donors (Lipinski definition) is 0. The molecule has 2 heteroatoms. The molecular formula is C49H38N2. The van der Waals surface area contributed by atoms with Crippen LogP contribution in [-0.4, -0.2) is 4.57 Å². The monoisotopic (exact) mass is 654 g/mol. The van der Waals surface area contributed by atoms with Gasteiger partial charge in [-0.3, -0.25) is 0 Å². The third kappa shape index (κ3) is 4.63. The fourth-order valence-electron chi connectivity index (χ4n) is 9.06. The van der Waals surface area contributed by atoms with Crippen LogP contribution < -0.4 is 4.90 Å². The summed E-state index contributed by atoms with van der Waals surface area (Å²) in [7, 11) is 0. The van der Waals surface area contributed by atoms with Crippen molar-refractivity contribution in [2.45, 2.75) is 25.2 Å². The van der Waals surface area contributed by atoms with Gasteiger partial charge in [-0.2, -0.15) is 0 Å². The molecule has 7 aromatic carbocycles. The highest BCUT2D eigenvalue weighted by molar-refractivity contribution is 6.10. The molecule has 1 heterocycles. The van der Waals surface area contributed by atoms with E-state index in [-0.39, 0.29) is 5.41 Å². The lowest BCUT2D eigenvalue weighted by Crippen LogP contribution is -2.24. The van der Waals surface area contributed by atoms with Gasteiger partial charge in [0.2, 0.25) is 0 Å². The lowest BCUT2D eigenvalue weighted by molar-refractivity contribution is 0.396. The van der Waals surface area contributed by atoms with E-state index in [1.54, 1.807) is 0 Å². The Morgan fingerprint density at radius 1 is 0.510 bits per heavy atom. The predicted molar refractivity (Wildman–Crippen MR) is 216 cm³/mol. The summed E-state index contributed by atoms with van der Waals surface area (Å²) in [6.45, 7) is 4.85. The van der Waals surface area contributed by atoms with Crippen molar-refractivity contribution >= 4 is 49.6 Å². The molecule has 0 spiro atoms. The summed E-state index contributed by atoms with van der Waals surface area (Å²) >= 11 is 0. The van der Waals surface area contributed by atoms with Crippen molar-refractivity contribution in [1.82, 2.24) is 4.57 Å². The minimum Gasteiger partial charge on any atom is -0.310 e. The van der Waals surface area contributed by atoms with Crippen molar-refractivity contribution in [3.8, 4) is 16.8 Å². The maximum absolute atomic E-state index is 2.43. The Kier molecular flexibility index (Phi) is 6.69. The van der Waals surface area contributed by atoms with Crippen LogP contribution >= 0.6 is 0 Å². The van der Waals surface area contributed by atoms with E-state index >= 15 is 0 Å². The minimum absolute atomic E-state index is 0.0468. The topological polar surface area (TPSA) is 8.17 Å². The van der Waals surface area contributed by atoms with E-state index in [1.807, 2.05) is 0 Å². The minimum atomic E-state index is 0.0468. The summed E-state index contributed by atoms with van der Waals surface area (Å²) in [4.78, 5) is 2.42. The van der Waals surface area contributed by atoms with Crippen LogP contribution in [0, 0.1) is 5.92 Å². The van der Waals surface area contributed by atoms with Crippen LogP contribution in [0.25, 0.3) is 49.4 Å². The molecule has 1 aromatic heterocycles. The average Bonchev–Trinajstić information content (AvgIpc) is 3.64. The zero-order valence-electron chi connectivity index (χ0n) is 28.9. The van der Waals surface area contributed by atoms with E-state index in [1.165, 1.54) is 54.8 Å². The molecule has 51 heavy (non-hydrogen) atoms. The smallest absolute Gasteiger partial charge is 0.0561 e. The number of rotatable bonds is 5. The van der Waals surface area contributed by atoms with Gasteiger partial charge in [0.15, 0.2) is 0 Å². The van der Waals surface area contributed by atoms with Gasteiger partial charge in [-0.05, 0) is 99.0 Å². The molecule has 2 aliphatic rings. The molecule has 244 valence electrons. The lowest BCUT2D eigenvalue weighted by atomic mass is 9.74. The van der Waals surface area contributed by atoms with Crippen LogP contribution in [0.3, 0.4) is 0 Å². The maximum atomic E-state index is 2.43. The van der Waals surface area contributed by atoms with Crippen molar-refractivity contribution in [2.75, 3.05) is 4.90 Å². The van der Waals surface area contributed by atoms with Crippen LogP contribution in [0.4, 0.5) is 17.1 Å². The Morgan fingerprint density at radius 3 is 1.94 bits per heavy atom. The maximum Gasteiger partial charge on any atom is 0.0561 e. The van der Waals surface area contributed by atoms with Gasteiger partial charge < -0.3 is 9.47 Å². The van der Waals surface area contributed by atoms with Gasteiger partial charge in [0.1, 0.15) is 0 Å². The number of benzene rings is 7. The Bertz CT molecular complexity index is 2660. The number of anilines is 3. The molecule has 0 bridgehead atoms. The van der Waals surface area contributed by atoms with Crippen LogP contribution in [0.2, 0.25) is 0 Å². The fourth-order valence-corrected chi connectivity index (χ4v) is 9.06. The number of nitrogens with zero attached hydrogens (tertiary/aromatic N) is 2. The van der Waals surface area contributed by atoms with Gasteiger partial charge in [-0.1, -0.05) is 141 Å². The molecule has 0 radical (unpaired) electrons. The Hall–Kier alpha value is -6.12. The van der Waals surface area contributed by atoms with Crippen molar-refractivity contribution < 1.29 is 0 Å². The number of allylic oxidation sites excluding steroid dienone is 4. The van der Waals surface area contributed by atoms with Crippen LogP contribution in [0.1, 0.15) is 30.9 Å². The molecule has 2 aliphatic carbocycles. The second-order valence-electron chi connectivity index (χ2n) is 14.6. The van der Waals surface area contributed by atoms with Gasteiger partial charge in [0.05, 0.1) is 11.0 Å². The molecule has 0 N–H and O–H groups in total. The van der Waals surface area contributed by atoms with Gasteiger partial charge in [0.25, 0.3) is 0 Å². The molecule has 0 amide bonds. The Morgan fingerprint density at radius 2 is 1.14 bits per heavy atom. The van der Waals surface area contributed by atoms with Crippen LogP contribution in [-0.2, 0) is 5.41 Å². The van der Waals surface area contributed by atoms with Gasteiger partial charge in [-0.15, -0.1) is 0 Å². The quantitative estimate of drug-likeness (QED) is 0.179. The Labute approximate surface area is 299 Å². The highest BCUT2D eigenvalue weighted by Gasteiger charge is 2.45. The van der Waals surface area contributed by atoms with E-state index in [0.717, 1.165) is 22.7 Å². The number of para-hydroxylation sites is 2. The van der Waals surface area contributed by atoms with E-state index in [2.05, 4.69) is 205 Å². The lowest BCUT2D eigenvalue weighted by Gasteiger charge is -2.30. The zero-order chi connectivity index (χ0) is 34.1. The van der Waals surface area contributed by atoms with Gasteiger partial charge in [-0.25, -0.2) is 0 Å². The molecular weight excluding hydrogens is 617 g/mol. The largest absolute Gasteiger partial charge is 0.310 e. The molecule has 10 rings (SSSR count). The Balaban J connectivity index is 1.17. The van der Waals surface area contributed by atoms with E-state index in [0.29, 0.717) is 11.8 Å². The van der Waals surface area contributed by atoms with Gasteiger partial charge >= 0.3 is 0 Å². The molecule has 2 nitrogen and oxygen atoms in total. The molecule has 2 atom stereocenters. The second-order valence-corrected chi connectivity index (χ2v) is 14.6. The zero-order valence-corrected chi connectivity index (χ0v) is 28.9. The average molecular weight is 655 g/mol. The van der Waals surface area contributed by atoms with E-state index in [9.17, 15) is 0 Å². The first kappa shape index (κ1) is 29.8. The van der Waals surface area contributed by atoms with Crippen molar-refractivity contribution in [3.63, 3.8) is 0 Å². The SMILES string of the molecule is CC1(C)c2c(ccc3cc(N(c4ccc(-c5ccccc5)cc4)c4ccc5c6ccccc6n(-c6ccccc6)c5c4)ccc23)C2C=CC=CC21. The normalized spacial score (nSPS) is 17.2. The first-order chi connectivity index (χ1) is 25.1.